The van der Waals surface area contributed by atoms with Crippen LogP contribution in [0.25, 0.3) is 0 Å². The lowest BCUT2D eigenvalue weighted by molar-refractivity contribution is 0.173. The molecular weight excluding hydrogens is 232 g/mol. The smallest absolute Gasteiger partial charge is 0.319 e. The van der Waals surface area contributed by atoms with E-state index in [0.717, 1.165) is 11.3 Å². The number of hydrogen-bond acceptors (Lipinski definition) is 3. The molecule has 5 heteroatoms. The molecule has 0 aliphatic rings. The van der Waals surface area contributed by atoms with E-state index in [-0.39, 0.29) is 12.1 Å². The molecule has 1 aromatic carbocycles. The predicted octanol–water partition coefficient (Wildman–Crippen LogP) is 1.99. The Bertz CT molecular complexity index is 382. The van der Waals surface area contributed by atoms with Crippen LogP contribution in [0.3, 0.4) is 0 Å². The highest BCUT2D eigenvalue weighted by Crippen LogP contribution is 2.11. The van der Waals surface area contributed by atoms with Crippen molar-refractivity contribution in [2.75, 3.05) is 26.1 Å². The van der Waals surface area contributed by atoms with Gasteiger partial charge < -0.3 is 20.1 Å². The monoisotopic (exact) mass is 252 g/mol. The zero-order valence-corrected chi connectivity index (χ0v) is 11.0. The summed E-state index contributed by atoms with van der Waals surface area (Å²) < 4.78 is 9.99. The first-order valence-corrected chi connectivity index (χ1v) is 5.80. The van der Waals surface area contributed by atoms with Crippen molar-refractivity contribution < 1.29 is 14.3 Å². The van der Waals surface area contributed by atoms with E-state index >= 15 is 0 Å². The van der Waals surface area contributed by atoms with Crippen LogP contribution < -0.4 is 10.6 Å². The molecule has 2 amide bonds. The molecule has 0 saturated heterocycles. The van der Waals surface area contributed by atoms with Crippen molar-refractivity contribution in [2.45, 2.75) is 19.6 Å². The third-order valence-corrected chi connectivity index (χ3v) is 2.29. The number of carbonyl (C=O) groups excluding carboxylic acids is 1. The molecular formula is C13H20N2O3. The van der Waals surface area contributed by atoms with Gasteiger partial charge in [0.1, 0.15) is 0 Å². The fraction of sp³-hybridized carbons (Fsp3) is 0.462. The number of urea groups is 1. The largest absolute Gasteiger partial charge is 0.383 e. The topological polar surface area (TPSA) is 59.6 Å². The molecule has 0 aromatic heterocycles. The Hall–Kier alpha value is -1.59. The van der Waals surface area contributed by atoms with Crippen molar-refractivity contribution in [3.05, 3.63) is 29.8 Å². The van der Waals surface area contributed by atoms with E-state index in [0.29, 0.717) is 13.2 Å². The van der Waals surface area contributed by atoms with Gasteiger partial charge in [0.2, 0.25) is 0 Å². The summed E-state index contributed by atoms with van der Waals surface area (Å²) in [7, 11) is 3.24. The molecule has 1 unspecified atom stereocenters. The average molecular weight is 252 g/mol. The van der Waals surface area contributed by atoms with Crippen molar-refractivity contribution >= 4 is 11.7 Å². The predicted molar refractivity (Wildman–Crippen MR) is 70.6 cm³/mol. The maximum Gasteiger partial charge on any atom is 0.319 e. The Labute approximate surface area is 107 Å². The van der Waals surface area contributed by atoms with Gasteiger partial charge in [0, 0.05) is 19.9 Å². The highest BCUT2D eigenvalue weighted by molar-refractivity contribution is 5.89. The molecule has 18 heavy (non-hydrogen) atoms. The van der Waals surface area contributed by atoms with Gasteiger partial charge >= 0.3 is 6.03 Å². The minimum atomic E-state index is -0.242. The molecule has 1 atom stereocenters. The number of methoxy groups -OCH3 is 2. The first-order chi connectivity index (χ1) is 8.65. The van der Waals surface area contributed by atoms with Crippen LogP contribution in [-0.4, -0.2) is 32.9 Å². The van der Waals surface area contributed by atoms with Gasteiger partial charge in [-0.2, -0.15) is 0 Å². The SMILES string of the molecule is COCc1cccc(NC(=O)NC(C)COC)c1. The molecule has 0 fully saturated rings. The normalized spacial score (nSPS) is 11.9. The Morgan fingerprint density at radius 3 is 2.78 bits per heavy atom. The molecule has 1 aromatic rings. The van der Waals surface area contributed by atoms with E-state index in [4.69, 9.17) is 9.47 Å². The van der Waals surface area contributed by atoms with E-state index in [1.165, 1.54) is 0 Å². The Balaban J connectivity index is 2.50. The number of nitrogens with one attached hydrogen (secondary N) is 2. The summed E-state index contributed by atoms with van der Waals surface area (Å²) >= 11 is 0. The van der Waals surface area contributed by atoms with Gasteiger partial charge in [-0.25, -0.2) is 4.79 Å². The molecule has 0 radical (unpaired) electrons. The lowest BCUT2D eigenvalue weighted by Gasteiger charge is -2.14. The van der Waals surface area contributed by atoms with Gasteiger partial charge in [0.25, 0.3) is 0 Å². The molecule has 0 bridgehead atoms. The molecule has 0 heterocycles. The summed E-state index contributed by atoms with van der Waals surface area (Å²) in [5, 5.41) is 5.54. The summed E-state index contributed by atoms with van der Waals surface area (Å²) in [5.74, 6) is 0. The fourth-order valence-electron chi connectivity index (χ4n) is 1.59. The van der Waals surface area contributed by atoms with Crippen LogP contribution in [0.1, 0.15) is 12.5 Å². The average Bonchev–Trinajstić information content (AvgIpc) is 2.29. The maximum atomic E-state index is 11.7. The van der Waals surface area contributed by atoms with Crippen molar-refractivity contribution in [3.8, 4) is 0 Å². The maximum absolute atomic E-state index is 11.7. The minimum Gasteiger partial charge on any atom is -0.383 e. The van der Waals surface area contributed by atoms with E-state index in [1.807, 2.05) is 31.2 Å². The molecule has 0 aliphatic carbocycles. The molecule has 1 rings (SSSR count). The third-order valence-electron chi connectivity index (χ3n) is 2.29. The number of anilines is 1. The molecule has 0 saturated carbocycles. The van der Waals surface area contributed by atoms with Crippen LogP contribution in [0, 0.1) is 0 Å². The zero-order chi connectivity index (χ0) is 13.4. The molecule has 2 N–H and O–H groups in total. The highest BCUT2D eigenvalue weighted by Gasteiger charge is 2.06. The van der Waals surface area contributed by atoms with Gasteiger partial charge in [-0.1, -0.05) is 12.1 Å². The Morgan fingerprint density at radius 1 is 1.33 bits per heavy atom. The summed E-state index contributed by atoms with van der Waals surface area (Å²) in [6, 6.07) is 7.26. The van der Waals surface area contributed by atoms with Crippen molar-refractivity contribution in [3.63, 3.8) is 0 Å². The number of hydrogen-bond donors (Lipinski definition) is 2. The van der Waals surface area contributed by atoms with Crippen LogP contribution in [0.2, 0.25) is 0 Å². The fourth-order valence-corrected chi connectivity index (χ4v) is 1.59. The summed E-state index contributed by atoms with van der Waals surface area (Å²) in [6.45, 7) is 2.89. The van der Waals surface area contributed by atoms with Crippen LogP contribution in [0.4, 0.5) is 10.5 Å². The molecule has 0 aliphatic heterocycles. The van der Waals surface area contributed by atoms with Gasteiger partial charge in [-0.05, 0) is 24.6 Å². The van der Waals surface area contributed by atoms with Crippen molar-refractivity contribution in [1.82, 2.24) is 5.32 Å². The Kier molecular flexibility index (Phi) is 6.18. The van der Waals surface area contributed by atoms with Crippen molar-refractivity contribution in [2.24, 2.45) is 0 Å². The van der Waals surface area contributed by atoms with Crippen molar-refractivity contribution in [1.29, 1.82) is 0 Å². The number of carbonyl (C=O) groups is 1. The van der Waals surface area contributed by atoms with Gasteiger partial charge in [0.05, 0.1) is 19.3 Å². The second-order valence-electron chi connectivity index (χ2n) is 4.09. The lowest BCUT2D eigenvalue weighted by Crippen LogP contribution is -2.38. The van der Waals surface area contributed by atoms with Gasteiger partial charge in [0.15, 0.2) is 0 Å². The zero-order valence-electron chi connectivity index (χ0n) is 11.0. The van der Waals surface area contributed by atoms with Gasteiger partial charge in [-0.3, -0.25) is 0 Å². The van der Waals surface area contributed by atoms with Crippen LogP contribution in [0.15, 0.2) is 24.3 Å². The number of benzene rings is 1. The second kappa shape index (κ2) is 7.68. The minimum absolute atomic E-state index is 0.0304. The Morgan fingerprint density at radius 2 is 2.11 bits per heavy atom. The molecule has 0 spiro atoms. The van der Waals surface area contributed by atoms with Gasteiger partial charge in [-0.15, -0.1) is 0 Å². The molecule has 5 nitrogen and oxygen atoms in total. The first-order valence-electron chi connectivity index (χ1n) is 5.80. The van der Waals surface area contributed by atoms with Crippen LogP contribution in [-0.2, 0) is 16.1 Å². The second-order valence-corrected chi connectivity index (χ2v) is 4.09. The van der Waals surface area contributed by atoms with E-state index < -0.39 is 0 Å². The summed E-state index contributed by atoms with van der Waals surface area (Å²) in [5.41, 5.74) is 1.76. The third kappa shape index (κ3) is 5.16. The van der Waals surface area contributed by atoms with Crippen LogP contribution in [0.5, 0.6) is 0 Å². The standard InChI is InChI=1S/C13H20N2O3/c1-10(8-17-2)14-13(16)15-12-6-4-5-11(7-12)9-18-3/h4-7,10H,8-9H2,1-3H3,(H2,14,15,16). The summed E-state index contributed by atoms with van der Waals surface area (Å²) in [4.78, 5) is 11.7. The van der Waals surface area contributed by atoms with E-state index in [9.17, 15) is 4.79 Å². The van der Waals surface area contributed by atoms with Crippen LogP contribution >= 0.6 is 0 Å². The van der Waals surface area contributed by atoms with E-state index in [1.54, 1.807) is 14.2 Å². The van der Waals surface area contributed by atoms with E-state index in [2.05, 4.69) is 10.6 Å². The number of ether oxygens (including phenoxy) is 2. The molecule has 100 valence electrons. The number of amides is 2. The highest BCUT2D eigenvalue weighted by atomic mass is 16.5. The quantitative estimate of drug-likeness (QED) is 0.814. The summed E-state index contributed by atoms with van der Waals surface area (Å²) in [6.07, 6.45) is 0. The first kappa shape index (κ1) is 14.5. The lowest BCUT2D eigenvalue weighted by atomic mass is 10.2. The number of rotatable bonds is 6.